The van der Waals surface area contributed by atoms with Gasteiger partial charge in [-0.3, -0.25) is 14.4 Å². The molecule has 0 bridgehead atoms. The van der Waals surface area contributed by atoms with E-state index in [1.54, 1.807) is 4.90 Å². The van der Waals surface area contributed by atoms with Crippen LogP contribution in [0.25, 0.3) is 0 Å². The number of carboxylic acid groups (broad SMARTS) is 1. The number of carbonyl (C=O) groups is 3. The molecule has 2 fully saturated rings. The fourth-order valence-corrected chi connectivity index (χ4v) is 3.79. The van der Waals surface area contributed by atoms with Crippen LogP contribution in [0.15, 0.2) is 0 Å². The minimum absolute atomic E-state index is 0.0666. The normalized spacial score (nSPS) is 23.0. The summed E-state index contributed by atoms with van der Waals surface area (Å²) in [5.74, 6) is -0.901. The molecular weight excluding hydrogens is 296 g/mol. The van der Waals surface area contributed by atoms with Gasteiger partial charge in [-0.05, 0) is 32.1 Å². The molecule has 6 heteroatoms. The standard InChI is InChI=1S/C17H28N2O4/c1-2-6-13(11-15(20)21)18-16(22)14-9-5-10-19(14)17(23)12-7-3-4-8-12/h12-14H,2-11H2,1H3,(H,18,22)(H,20,21)/t13-,14+/m0/s1. The molecule has 0 radical (unpaired) electrons. The zero-order chi connectivity index (χ0) is 16.8. The molecule has 2 rings (SSSR count). The van der Waals surface area contributed by atoms with Crippen molar-refractivity contribution in [3.63, 3.8) is 0 Å². The van der Waals surface area contributed by atoms with E-state index in [4.69, 9.17) is 5.11 Å². The number of carboxylic acids is 1. The maximum Gasteiger partial charge on any atom is 0.305 e. The molecular formula is C17H28N2O4. The van der Waals surface area contributed by atoms with Gasteiger partial charge in [0.25, 0.3) is 0 Å². The van der Waals surface area contributed by atoms with Crippen molar-refractivity contribution in [3.05, 3.63) is 0 Å². The summed E-state index contributed by atoms with van der Waals surface area (Å²) in [6.45, 7) is 2.61. The SMILES string of the molecule is CCC[C@@H](CC(=O)O)NC(=O)[C@H]1CCCN1C(=O)C1CCCC1. The van der Waals surface area contributed by atoms with Crippen molar-refractivity contribution in [2.75, 3.05) is 6.54 Å². The van der Waals surface area contributed by atoms with Crippen LogP contribution in [0.5, 0.6) is 0 Å². The molecule has 2 aliphatic rings. The fraction of sp³-hybridized carbons (Fsp3) is 0.824. The van der Waals surface area contributed by atoms with Gasteiger partial charge in [0.2, 0.25) is 11.8 Å². The maximum atomic E-state index is 12.6. The molecule has 0 aromatic heterocycles. The molecule has 1 saturated heterocycles. The lowest BCUT2D eigenvalue weighted by molar-refractivity contribution is -0.142. The van der Waals surface area contributed by atoms with E-state index in [-0.39, 0.29) is 30.2 Å². The van der Waals surface area contributed by atoms with Gasteiger partial charge in [0, 0.05) is 18.5 Å². The van der Waals surface area contributed by atoms with Gasteiger partial charge in [-0.15, -0.1) is 0 Å². The first-order chi connectivity index (χ1) is 11.0. The molecule has 2 atom stereocenters. The van der Waals surface area contributed by atoms with Crippen LogP contribution in [0.3, 0.4) is 0 Å². The third-order valence-electron chi connectivity index (χ3n) is 4.95. The third-order valence-corrected chi connectivity index (χ3v) is 4.95. The van der Waals surface area contributed by atoms with Crippen molar-refractivity contribution in [1.29, 1.82) is 0 Å². The average molecular weight is 324 g/mol. The third kappa shape index (κ3) is 4.69. The molecule has 0 aromatic carbocycles. The van der Waals surface area contributed by atoms with Gasteiger partial charge in [-0.25, -0.2) is 0 Å². The van der Waals surface area contributed by atoms with Gasteiger partial charge < -0.3 is 15.3 Å². The first-order valence-corrected chi connectivity index (χ1v) is 8.85. The molecule has 130 valence electrons. The maximum absolute atomic E-state index is 12.6. The van der Waals surface area contributed by atoms with Crippen LogP contribution in [0.4, 0.5) is 0 Å². The first-order valence-electron chi connectivity index (χ1n) is 8.85. The van der Waals surface area contributed by atoms with E-state index >= 15 is 0 Å². The van der Waals surface area contributed by atoms with Crippen LogP contribution in [0.2, 0.25) is 0 Å². The largest absolute Gasteiger partial charge is 0.481 e. The molecule has 1 aliphatic carbocycles. The molecule has 0 aromatic rings. The van der Waals surface area contributed by atoms with Crippen molar-refractivity contribution in [3.8, 4) is 0 Å². The summed E-state index contributed by atoms with van der Waals surface area (Å²) in [6.07, 6.45) is 6.96. The highest BCUT2D eigenvalue weighted by atomic mass is 16.4. The van der Waals surface area contributed by atoms with Crippen molar-refractivity contribution in [2.24, 2.45) is 5.92 Å². The molecule has 1 heterocycles. The van der Waals surface area contributed by atoms with Gasteiger partial charge in [-0.2, -0.15) is 0 Å². The van der Waals surface area contributed by atoms with E-state index in [2.05, 4.69) is 5.32 Å². The molecule has 6 nitrogen and oxygen atoms in total. The van der Waals surface area contributed by atoms with E-state index in [0.29, 0.717) is 19.4 Å². The van der Waals surface area contributed by atoms with Crippen LogP contribution in [0.1, 0.15) is 64.7 Å². The van der Waals surface area contributed by atoms with Crippen LogP contribution in [0, 0.1) is 5.92 Å². The Kier molecular flexibility index (Phi) is 6.42. The summed E-state index contributed by atoms with van der Waals surface area (Å²) in [5, 5.41) is 11.8. The Hall–Kier alpha value is -1.59. The Morgan fingerprint density at radius 2 is 1.87 bits per heavy atom. The Balaban J connectivity index is 1.95. The van der Waals surface area contributed by atoms with Gasteiger partial charge in [-0.1, -0.05) is 26.2 Å². The minimum Gasteiger partial charge on any atom is -0.481 e. The fourth-order valence-electron chi connectivity index (χ4n) is 3.79. The predicted octanol–water partition coefficient (Wildman–Crippen LogP) is 1.93. The number of nitrogens with one attached hydrogen (secondary N) is 1. The van der Waals surface area contributed by atoms with E-state index in [1.165, 1.54) is 0 Å². The van der Waals surface area contributed by atoms with Gasteiger partial charge >= 0.3 is 5.97 Å². The quantitative estimate of drug-likeness (QED) is 0.749. The lowest BCUT2D eigenvalue weighted by Crippen LogP contribution is -2.50. The van der Waals surface area contributed by atoms with Crippen molar-refractivity contribution in [2.45, 2.75) is 76.8 Å². The molecule has 1 aliphatic heterocycles. The summed E-state index contributed by atoms with van der Waals surface area (Å²) in [5.41, 5.74) is 0. The number of likely N-dealkylation sites (tertiary alicyclic amines) is 1. The summed E-state index contributed by atoms with van der Waals surface area (Å²) in [6, 6.07) is -0.773. The van der Waals surface area contributed by atoms with Crippen LogP contribution in [-0.4, -0.2) is 46.4 Å². The Bertz CT molecular complexity index is 446. The zero-order valence-corrected chi connectivity index (χ0v) is 13.9. The number of hydrogen-bond acceptors (Lipinski definition) is 3. The topological polar surface area (TPSA) is 86.7 Å². The number of rotatable bonds is 7. The van der Waals surface area contributed by atoms with E-state index < -0.39 is 12.0 Å². The summed E-state index contributed by atoms with van der Waals surface area (Å²) >= 11 is 0. The second kappa shape index (κ2) is 8.31. The van der Waals surface area contributed by atoms with Gasteiger partial charge in [0.05, 0.1) is 6.42 Å². The molecule has 23 heavy (non-hydrogen) atoms. The molecule has 1 saturated carbocycles. The highest BCUT2D eigenvalue weighted by Gasteiger charge is 2.38. The molecule has 2 N–H and O–H groups in total. The van der Waals surface area contributed by atoms with Crippen LogP contribution >= 0.6 is 0 Å². The molecule has 2 amide bonds. The summed E-state index contributed by atoms with van der Waals surface area (Å²) in [4.78, 5) is 37.8. The van der Waals surface area contributed by atoms with Crippen LogP contribution < -0.4 is 5.32 Å². The van der Waals surface area contributed by atoms with E-state index in [0.717, 1.165) is 38.5 Å². The average Bonchev–Trinajstić information content (AvgIpc) is 3.17. The van der Waals surface area contributed by atoms with Crippen molar-refractivity contribution in [1.82, 2.24) is 10.2 Å². The van der Waals surface area contributed by atoms with Gasteiger partial charge in [0.1, 0.15) is 6.04 Å². The molecule has 0 unspecified atom stereocenters. The second-order valence-corrected chi connectivity index (χ2v) is 6.76. The first kappa shape index (κ1) is 17.8. The highest BCUT2D eigenvalue weighted by molar-refractivity contribution is 5.89. The lowest BCUT2D eigenvalue weighted by atomic mass is 10.0. The number of hydrogen-bond donors (Lipinski definition) is 2. The zero-order valence-electron chi connectivity index (χ0n) is 13.9. The minimum atomic E-state index is -0.908. The Morgan fingerprint density at radius 3 is 2.48 bits per heavy atom. The van der Waals surface area contributed by atoms with E-state index in [9.17, 15) is 14.4 Å². The smallest absolute Gasteiger partial charge is 0.305 e. The Labute approximate surface area is 137 Å². The predicted molar refractivity (Wildman–Crippen MR) is 85.8 cm³/mol. The molecule has 0 spiro atoms. The van der Waals surface area contributed by atoms with E-state index in [1.807, 2.05) is 6.92 Å². The van der Waals surface area contributed by atoms with Crippen molar-refractivity contribution < 1.29 is 19.5 Å². The highest BCUT2D eigenvalue weighted by Crippen LogP contribution is 2.29. The number of aliphatic carboxylic acids is 1. The van der Waals surface area contributed by atoms with Crippen molar-refractivity contribution >= 4 is 17.8 Å². The summed E-state index contributed by atoms with van der Waals surface area (Å²) < 4.78 is 0. The summed E-state index contributed by atoms with van der Waals surface area (Å²) in [7, 11) is 0. The van der Waals surface area contributed by atoms with Crippen LogP contribution in [-0.2, 0) is 14.4 Å². The second-order valence-electron chi connectivity index (χ2n) is 6.76. The Morgan fingerprint density at radius 1 is 1.17 bits per heavy atom. The number of carbonyl (C=O) groups excluding carboxylic acids is 2. The lowest BCUT2D eigenvalue weighted by Gasteiger charge is -2.28. The number of amides is 2. The number of nitrogens with zero attached hydrogens (tertiary/aromatic N) is 1. The van der Waals surface area contributed by atoms with Gasteiger partial charge in [0.15, 0.2) is 0 Å². The monoisotopic (exact) mass is 324 g/mol.